The molecule has 0 unspecified atom stereocenters. The number of para-hydroxylation sites is 1. The van der Waals surface area contributed by atoms with Crippen LogP contribution in [0.5, 0.6) is 0 Å². The summed E-state index contributed by atoms with van der Waals surface area (Å²) >= 11 is 3.70. The highest BCUT2D eigenvalue weighted by Crippen LogP contribution is 2.54. The van der Waals surface area contributed by atoms with Crippen molar-refractivity contribution in [3.8, 4) is 22.3 Å². The van der Waals surface area contributed by atoms with Crippen molar-refractivity contribution < 1.29 is 0 Å². The SMILES string of the molecule is CC(C)(C)c1ccc(N2c3ccccc3C(C)(C)c3cc(-c4ccc5c(c4)C(C)(C)c4cc(Br)ccc4-5)ccc32)cc1. The van der Waals surface area contributed by atoms with Crippen LogP contribution in [0.2, 0.25) is 0 Å². The van der Waals surface area contributed by atoms with Crippen LogP contribution in [0.3, 0.4) is 0 Å². The number of rotatable bonds is 2. The smallest absolute Gasteiger partial charge is 0.0503 e. The molecule has 42 heavy (non-hydrogen) atoms. The first-order chi connectivity index (χ1) is 19.9. The van der Waals surface area contributed by atoms with Gasteiger partial charge in [0.25, 0.3) is 0 Å². The summed E-state index contributed by atoms with van der Waals surface area (Å²) in [7, 11) is 0. The maximum absolute atomic E-state index is 3.70. The first-order valence-corrected chi connectivity index (χ1v) is 15.8. The summed E-state index contributed by atoms with van der Waals surface area (Å²) in [6.07, 6.45) is 0. The second-order valence-electron chi connectivity index (χ2n) is 14.1. The average Bonchev–Trinajstić information content (AvgIpc) is 3.18. The minimum atomic E-state index is -0.137. The molecule has 1 aliphatic carbocycles. The fourth-order valence-corrected chi connectivity index (χ4v) is 7.52. The van der Waals surface area contributed by atoms with Crippen LogP contribution < -0.4 is 4.90 Å². The minimum absolute atomic E-state index is 0.0487. The monoisotopic (exact) mass is 611 g/mol. The van der Waals surface area contributed by atoms with Gasteiger partial charge in [0.15, 0.2) is 0 Å². The lowest BCUT2D eigenvalue weighted by Crippen LogP contribution is -2.30. The number of fused-ring (bicyclic) bond motifs is 5. The van der Waals surface area contributed by atoms with E-state index < -0.39 is 0 Å². The van der Waals surface area contributed by atoms with Gasteiger partial charge >= 0.3 is 0 Å². The van der Waals surface area contributed by atoms with Crippen LogP contribution in [-0.4, -0.2) is 0 Å². The Morgan fingerprint density at radius 3 is 1.79 bits per heavy atom. The number of nitrogens with zero attached hydrogens (tertiary/aromatic N) is 1. The van der Waals surface area contributed by atoms with Crippen molar-refractivity contribution in [2.75, 3.05) is 4.90 Å². The van der Waals surface area contributed by atoms with E-state index in [2.05, 4.69) is 172 Å². The van der Waals surface area contributed by atoms with Crippen molar-refractivity contribution in [3.05, 3.63) is 135 Å². The minimum Gasteiger partial charge on any atom is -0.310 e. The Balaban J connectivity index is 1.37. The van der Waals surface area contributed by atoms with E-state index in [9.17, 15) is 0 Å². The second kappa shape index (κ2) is 9.19. The van der Waals surface area contributed by atoms with E-state index in [1.807, 2.05) is 0 Å². The maximum atomic E-state index is 3.70. The van der Waals surface area contributed by atoms with Crippen molar-refractivity contribution in [2.24, 2.45) is 0 Å². The van der Waals surface area contributed by atoms with Crippen molar-refractivity contribution in [2.45, 2.75) is 64.7 Å². The molecule has 0 aromatic heterocycles. The molecule has 0 amide bonds. The molecule has 2 heteroatoms. The number of hydrogen-bond donors (Lipinski definition) is 0. The number of benzene rings is 5. The van der Waals surface area contributed by atoms with Gasteiger partial charge in [0.05, 0.1) is 11.4 Å². The highest BCUT2D eigenvalue weighted by Gasteiger charge is 2.38. The predicted octanol–water partition coefficient (Wildman–Crippen LogP) is 11.8. The highest BCUT2D eigenvalue weighted by atomic mass is 79.9. The zero-order chi connectivity index (χ0) is 29.6. The quantitative estimate of drug-likeness (QED) is 0.192. The molecule has 210 valence electrons. The van der Waals surface area contributed by atoms with Gasteiger partial charge in [-0.1, -0.05) is 119 Å². The Kier molecular flexibility index (Phi) is 5.96. The lowest BCUT2D eigenvalue weighted by Gasteiger charge is -2.42. The van der Waals surface area contributed by atoms with Crippen molar-refractivity contribution in [1.82, 2.24) is 0 Å². The van der Waals surface area contributed by atoms with E-state index in [0.29, 0.717) is 0 Å². The predicted molar refractivity (Wildman–Crippen MR) is 183 cm³/mol. The second-order valence-corrected chi connectivity index (χ2v) is 15.0. The van der Waals surface area contributed by atoms with Crippen LogP contribution in [0.25, 0.3) is 22.3 Å². The van der Waals surface area contributed by atoms with Crippen molar-refractivity contribution in [1.29, 1.82) is 0 Å². The van der Waals surface area contributed by atoms with Crippen LogP contribution in [0.4, 0.5) is 17.1 Å². The molecule has 2 aliphatic rings. The molecule has 0 fully saturated rings. The number of halogens is 1. The molecule has 5 aromatic rings. The zero-order valence-electron chi connectivity index (χ0n) is 25.6. The molecule has 1 aliphatic heterocycles. The zero-order valence-corrected chi connectivity index (χ0v) is 27.2. The van der Waals surface area contributed by atoms with Gasteiger partial charge in [0.2, 0.25) is 0 Å². The summed E-state index contributed by atoms with van der Waals surface area (Å²) < 4.78 is 1.14. The highest BCUT2D eigenvalue weighted by molar-refractivity contribution is 9.10. The van der Waals surface area contributed by atoms with Gasteiger partial charge in [0, 0.05) is 21.0 Å². The third-order valence-corrected chi connectivity index (χ3v) is 10.2. The summed E-state index contributed by atoms with van der Waals surface area (Å²) in [4.78, 5) is 2.45. The van der Waals surface area contributed by atoms with E-state index in [1.54, 1.807) is 0 Å². The summed E-state index contributed by atoms with van der Waals surface area (Å²) in [6, 6.07) is 38.9. The molecular weight excluding hydrogens is 574 g/mol. The topological polar surface area (TPSA) is 3.24 Å². The molecule has 0 atom stereocenters. The van der Waals surface area contributed by atoms with E-state index in [1.165, 1.54) is 67.1 Å². The van der Waals surface area contributed by atoms with Crippen LogP contribution in [-0.2, 0) is 16.2 Å². The molecule has 0 saturated carbocycles. The largest absolute Gasteiger partial charge is 0.310 e. The number of hydrogen-bond acceptors (Lipinski definition) is 1. The summed E-state index contributed by atoms with van der Waals surface area (Å²) in [5, 5.41) is 0. The standard InChI is InChI=1S/C40H38BrN/c1-38(2,3)27-14-17-29(18-15-27)42-36-11-9-8-10-32(36)39(4,5)35-23-26(13-21-37(35)42)25-12-19-30-31-20-16-28(41)24-34(31)40(6,7)33(30)22-25/h8-24H,1-7H3. The number of anilines is 3. The molecule has 0 spiro atoms. The van der Waals surface area contributed by atoms with E-state index in [4.69, 9.17) is 0 Å². The first kappa shape index (κ1) is 27.2. The van der Waals surface area contributed by atoms with Crippen LogP contribution in [0, 0.1) is 0 Å². The molecule has 1 nitrogen and oxygen atoms in total. The lowest BCUT2D eigenvalue weighted by molar-refractivity contribution is 0.590. The van der Waals surface area contributed by atoms with Gasteiger partial charge in [0.1, 0.15) is 0 Å². The summed E-state index contributed by atoms with van der Waals surface area (Å²) in [5.41, 5.74) is 15.7. The van der Waals surface area contributed by atoms with Crippen LogP contribution in [0.15, 0.2) is 108 Å². The summed E-state index contributed by atoms with van der Waals surface area (Å²) in [6.45, 7) is 16.3. The van der Waals surface area contributed by atoms with Gasteiger partial charge in [-0.05, 0) is 104 Å². The summed E-state index contributed by atoms with van der Waals surface area (Å²) in [5.74, 6) is 0. The maximum Gasteiger partial charge on any atom is 0.0503 e. The third kappa shape index (κ3) is 4.02. The van der Waals surface area contributed by atoms with Gasteiger partial charge < -0.3 is 4.90 Å². The van der Waals surface area contributed by atoms with Gasteiger partial charge in [-0.15, -0.1) is 0 Å². The molecule has 7 rings (SSSR count). The molecule has 0 saturated heterocycles. The fraction of sp³-hybridized carbons (Fsp3) is 0.250. The normalized spacial score (nSPS) is 16.0. The van der Waals surface area contributed by atoms with E-state index in [-0.39, 0.29) is 16.2 Å². The molecule has 0 radical (unpaired) electrons. The molecule has 0 bridgehead atoms. The third-order valence-electron chi connectivity index (χ3n) is 9.69. The van der Waals surface area contributed by atoms with E-state index in [0.717, 1.165) is 4.47 Å². The van der Waals surface area contributed by atoms with E-state index >= 15 is 0 Å². The van der Waals surface area contributed by atoms with Crippen molar-refractivity contribution in [3.63, 3.8) is 0 Å². The van der Waals surface area contributed by atoms with Gasteiger partial charge in [-0.3, -0.25) is 0 Å². The Morgan fingerprint density at radius 1 is 0.548 bits per heavy atom. The first-order valence-electron chi connectivity index (χ1n) is 15.0. The lowest BCUT2D eigenvalue weighted by atomic mass is 9.72. The Hall–Kier alpha value is -3.62. The van der Waals surface area contributed by atoms with Gasteiger partial charge in [-0.25, -0.2) is 0 Å². The molecule has 0 N–H and O–H groups in total. The molecule has 5 aromatic carbocycles. The van der Waals surface area contributed by atoms with Crippen LogP contribution >= 0.6 is 15.9 Å². The van der Waals surface area contributed by atoms with Crippen LogP contribution in [0.1, 0.15) is 76.3 Å². The van der Waals surface area contributed by atoms with Crippen molar-refractivity contribution >= 4 is 33.0 Å². The van der Waals surface area contributed by atoms with Gasteiger partial charge in [-0.2, -0.15) is 0 Å². The Bertz CT molecular complexity index is 1870. The fourth-order valence-electron chi connectivity index (χ4n) is 7.16. The molecule has 1 heterocycles. The molecular formula is C40H38BrN. The Labute approximate surface area is 259 Å². The average molecular weight is 613 g/mol. The Morgan fingerprint density at radius 2 is 1.10 bits per heavy atom.